The molecule has 3 nitrogen and oxygen atoms in total. The first kappa shape index (κ1) is 11.1. The number of hydrogen-bond donors (Lipinski definition) is 1. The molecule has 0 radical (unpaired) electrons. The lowest BCUT2D eigenvalue weighted by molar-refractivity contribution is 0.240. The van der Waals surface area contributed by atoms with E-state index in [1.807, 2.05) is 0 Å². The first-order valence-corrected chi connectivity index (χ1v) is 5.48. The van der Waals surface area contributed by atoms with Crippen LogP contribution in [0.4, 0.5) is 0 Å². The van der Waals surface area contributed by atoms with Gasteiger partial charge in [0.1, 0.15) is 0 Å². The minimum atomic E-state index is 1.04. The van der Waals surface area contributed by atoms with Gasteiger partial charge in [0.15, 0.2) is 0 Å². The van der Waals surface area contributed by atoms with Crippen LogP contribution in [0.15, 0.2) is 16.4 Å². The van der Waals surface area contributed by atoms with Crippen molar-refractivity contribution in [3.05, 3.63) is 11.3 Å². The number of hydrazone groups is 1. The van der Waals surface area contributed by atoms with Crippen LogP contribution in [-0.2, 0) is 0 Å². The van der Waals surface area contributed by atoms with E-state index in [4.69, 9.17) is 0 Å². The topological polar surface area (TPSA) is 27.6 Å². The molecule has 0 aliphatic carbocycles. The Morgan fingerprint density at radius 2 is 2.00 bits per heavy atom. The van der Waals surface area contributed by atoms with Gasteiger partial charge in [-0.1, -0.05) is 20.3 Å². The quantitative estimate of drug-likeness (QED) is 0.747. The zero-order valence-electron chi connectivity index (χ0n) is 9.72. The molecule has 1 N–H and O–H groups in total. The van der Waals surface area contributed by atoms with Crippen molar-refractivity contribution >= 4 is 5.71 Å². The van der Waals surface area contributed by atoms with E-state index in [0.717, 1.165) is 18.7 Å². The van der Waals surface area contributed by atoms with Gasteiger partial charge in [-0.2, -0.15) is 5.10 Å². The van der Waals surface area contributed by atoms with Crippen molar-refractivity contribution in [2.24, 2.45) is 5.10 Å². The number of hydrogen-bond acceptors (Lipinski definition) is 3. The van der Waals surface area contributed by atoms with Gasteiger partial charge in [0.25, 0.3) is 0 Å². The monoisotopic (exact) mass is 195 g/mol. The average molecular weight is 195 g/mol. The average Bonchev–Trinajstić information content (AvgIpc) is 2.18. The van der Waals surface area contributed by atoms with Gasteiger partial charge in [0.2, 0.25) is 0 Å². The Balaban J connectivity index is 2.70. The van der Waals surface area contributed by atoms with E-state index in [2.05, 4.69) is 43.3 Å². The Morgan fingerprint density at radius 3 is 2.57 bits per heavy atom. The number of rotatable bonds is 4. The molecule has 0 saturated heterocycles. The molecule has 0 aromatic rings. The number of unbranched alkanes of at least 4 members (excludes halogenated alkanes) is 1. The molecule has 0 fully saturated rings. The fourth-order valence-corrected chi connectivity index (χ4v) is 1.75. The normalized spacial score (nSPS) is 16.9. The molecule has 0 atom stereocenters. The summed E-state index contributed by atoms with van der Waals surface area (Å²) < 4.78 is 0. The summed E-state index contributed by atoms with van der Waals surface area (Å²) in [4.78, 5) is 0. The van der Waals surface area contributed by atoms with Crippen molar-refractivity contribution in [3.63, 3.8) is 0 Å². The van der Waals surface area contributed by atoms with Crippen molar-refractivity contribution in [2.45, 2.75) is 47.0 Å². The molecule has 0 spiro atoms. The maximum absolute atomic E-state index is 4.30. The van der Waals surface area contributed by atoms with Crippen LogP contribution >= 0.6 is 0 Å². The van der Waals surface area contributed by atoms with Crippen LogP contribution < -0.4 is 5.53 Å². The van der Waals surface area contributed by atoms with Gasteiger partial charge in [0, 0.05) is 12.2 Å². The molecule has 80 valence electrons. The van der Waals surface area contributed by atoms with Crippen LogP contribution in [0.1, 0.15) is 47.0 Å². The first-order valence-electron chi connectivity index (χ1n) is 5.48. The molecule has 1 aliphatic heterocycles. The van der Waals surface area contributed by atoms with E-state index in [0.29, 0.717) is 0 Å². The van der Waals surface area contributed by atoms with E-state index >= 15 is 0 Å². The minimum absolute atomic E-state index is 1.04. The van der Waals surface area contributed by atoms with Crippen molar-refractivity contribution < 1.29 is 0 Å². The molecule has 0 bridgehead atoms. The number of nitrogens with zero attached hydrogens (tertiary/aromatic N) is 2. The maximum Gasteiger partial charge on any atom is 0.0642 e. The fraction of sp³-hybridized carbons (Fsp3) is 0.727. The van der Waals surface area contributed by atoms with E-state index in [1.165, 1.54) is 24.1 Å². The smallest absolute Gasteiger partial charge is 0.0642 e. The first-order chi connectivity index (χ1) is 6.70. The third kappa shape index (κ3) is 2.28. The summed E-state index contributed by atoms with van der Waals surface area (Å²) in [7, 11) is 0. The Morgan fingerprint density at radius 1 is 1.29 bits per heavy atom. The van der Waals surface area contributed by atoms with Crippen molar-refractivity contribution in [1.82, 2.24) is 10.5 Å². The second-order valence-electron chi connectivity index (χ2n) is 3.72. The summed E-state index contributed by atoms with van der Waals surface area (Å²) in [5.74, 6) is 0. The Labute approximate surface area is 86.8 Å². The Kier molecular flexibility index (Phi) is 3.98. The predicted molar refractivity (Wildman–Crippen MR) is 60.8 cm³/mol. The molecule has 1 rings (SSSR count). The van der Waals surface area contributed by atoms with Crippen molar-refractivity contribution in [2.75, 3.05) is 6.54 Å². The molecule has 3 heteroatoms. The Hall–Kier alpha value is -0.990. The lowest BCUT2D eigenvalue weighted by Gasteiger charge is -2.30. The summed E-state index contributed by atoms with van der Waals surface area (Å²) in [5, 5.41) is 6.45. The highest BCUT2D eigenvalue weighted by Gasteiger charge is 2.15. The zero-order valence-corrected chi connectivity index (χ0v) is 9.72. The largest absolute Gasteiger partial charge is 0.276 e. The summed E-state index contributed by atoms with van der Waals surface area (Å²) in [6.45, 7) is 9.66. The molecule has 0 aromatic heterocycles. The SMILES string of the molecule is CCCCN1NN=C(C)C(CC)=C1C. The highest BCUT2D eigenvalue weighted by Crippen LogP contribution is 2.17. The third-order valence-corrected chi connectivity index (χ3v) is 2.71. The predicted octanol–water partition coefficient (Wildman–Crippen LogP) is 2.67. The highest BCUT2D eigenvalue weighted by atomic mass is 15.7. The second kappa shape index (κ2) is 5.03. The zero-order chi connectivity index (χ0) is 10.6. The second-order valence-corrected chi connectivity index (χ2v) is 3.72. The van der Waals surface area contributed by atoms with Crippen molar-refractivity contribution in [1.29, 1.82) is 0 Å². The lowest BCUT2D eigenvalue weighted by Crippen LogP contribution is -2.38. The van der Waals surface area contributed by atoms with E-state index in [9.17, 15) is 0 Å². The molecule has 1 aliphatic rings. The van der Waals surface area contributed by atoms with Gasteiger partial charge in [-0.3, -0.25) is 5.01 Å². The molecular formula is C11H21N3. The van der Waals surface area contributed by atoms with E-state index in [1.54, 1.807) is 0 Å². The molecule has 0 saturated carbocycles. The molecule has 1 heterocycles. The standard InChI is InChI=1S/C11H21N3/c1-5-7-8-14-10(4)11(6-2)9(3)12-13-14/h13H,5-8H2,1-4H3. The summed E-state index contributed by atoms with van der Waals surface area (Å²) >= 11 is 0. The lowest BCUT2D eigenvalue weighted by atomic mass is 10.1. The number of nitrogens with one attached hydrogen (secondary N) is 1. The molecule has 0 amide bonds. The van der Waals surface area contributed by atoms with Crippen LogP contribution in [0, 0.1) is 0 Å². The van der Waals surface area contributed by atoms with Gasteiger partial charge in [0.05, 0.1) is 5.71 Å². The van der Waals surface area contributed by atoms with Gasteiger partial charge in [-0.15, -0.1) is 0 Å². The van der Waals surface area contributed by atoms with Gasteiger partial charge in [-0.05, 0) is 32.3 Å². The number of hydrazine groups is 1. The third-order valence-electron chi connectivity index (χ3n) is 2.71. The maximum atomic E-state index is 4.30. The highest BCUT2D eigenvalue weighted by molar-refractivity contribution is 5.98. The van der Waals surface area contributed by atoms with Crippen LogP contribution in [-0.4, -0.2) is 17.3 Å². The number of allylic oxidation sites excluding steroid dienone is 2. The van der Waals surface area contributed by atoms with Crippen LogP contribution in [0.3, 0.4) is 0 Å². The molecular weight excluding hydrogens is 174 g/mol. The van der Waals surface area contributed by atoms with Gasteiger partial charge in [-0.25, -0.2) is 5.53 Å². The van der Waals surface area contributed by atoms with Gasteiger partial charge >= 0.3 is 0 Å². The fourth-order valence-electron chi connectivity index (χ4n) is 1.75. The van der Waals surface area contributed by atoms with E-state index in [-0.39, 0.29) is 0 Å². The molecule has 0 unspecified atom stereocenters. The van der Waals surface area contributed by atoms with Crippen molar-refractivity contribution in [3.8, 4) is 0 Å². The van der Waals surface area contributed by atoms with Crippen LogP contribution in [0.25, 0.3) is 0 Å². The molecule has 0 aromatic carbocycles. The van der Waals surface area contributed by atoms with Gasteiger partial charge < -0.3 is 0 Å². The Bertz CT molecular complexity index is 253. The van der Waals surface area contributed by atoms with Crippen LogP contribution in [0.2, 0.25) is 0 Å². The minimum Gasteiger partial charge on any atom is -0.276 e. The van der Waals surface area contributed by atoms with Crippen LogP contribution in [0.5, 0.6) is 0 Å². The summed E-state index contributed by atoms with van der Waals surface area (Å²) in [5.41, 5.74) is 6.91. The summed E-state index contributed by atoms with van der Waals surface area (Å²) in [6.07, 6.45) is 3.48. The van der Waals surface area contributed by atoms with E-state index < -0.39 is 0 Å². The molecule has 14 heavy (non-hydrogen) atoms. The summed E-state index contributed by atoms with van der Waals surface area (Å²) in [6, 6.07) is 0.